The Bertz CT molecular complexity index is 470. The van der Waals surface area contributed by atoms with Crippen LogP contribution in [0.5, 0.6) is 0 Å². The standard InChI is InChI=1S/C18H28N2O.ClH/c1-13(2)11-17(16-9-5-4-7-14(16)3)20-18(21)12-15-8-6-10-19-15;/h4-5,7,9,13,15,17,19H,6,8,10-12H2,1-3H3,(H,20,21);1H. The van der Waals surface area contributed by atoms with Gasteiger partial charge in [0, 0.05) is 12.5 Å². The van der Waals surface area contributed by atoms with Crippen LogP contribution in [0.3, 0.4) is 0 Å². The van der Waals surface area contributed by atoms with E-state index in [9.17, 15) is 4.79 Å². The molecule has 1 fully saturated rings. The van der Waals surface area contributed by atoms with E-state index >= 15 is 0 Å². The molecular weight excluding hydrogens is 296 g/mol. The van der Waals surface area contributed by atoms with Crippen molar-refractivity contribution in [1.82, 2.24) is 10.6 Å². The van der Waals surface area contributed by atoms with E-state index in [0.29, 0.717) is 18.4 Å². The second kappa shape index (κ2) is 9.16. The van der Waals surface area contributed by atoms with Crippen LogP contribution in [-0.2, 0) is 4.79 Å². The van der Waals surface area contributed by atoms with Crippen molar-refractivity contribution in [2.45, 2.75) is 58.5 Å². The first-order valence-corrected chi connectivity index (χ1v) is 8.14. The molecule has 0 aromatic heterocycles. The molecule has 1 amide bonds. The first-order chi connectivity index (χ1) is 10.1. The molecule has 2 unspecified atom stereocenters. The van der Waals surface area contributed by atoms with E-state index in [1.165, 1.54) is 17.5 Å². The van der Waals surface area contributed by atoms with Crippen LogP contribution in [0.15, 0.2) is 24.3 Å². The van der Waals surface area contributed by atoms with Crippen LogP contribution in [0.1, 0.15) is 56.7 Å². The summed E-state index contributed by atoms with van der Waals surface area (Å²) in [6, 6.07) is 8.85. The van der Waals surface area contributed by atoms with Gasteiger partial charge in [0.2, 0.25) is 5.91 Å². The van der Waals surface area contributed by atoms with E-state index in [4.69, 9.17) is 0 Å². The molecule has 1 saturated heterocycles. The minimum atomic E-state index is 0. The average Bonchev–Trinajstić information content (AvgIpc) is 2.90. The van der Waals surface area contributed by atoms with E-state index in [0.717, 1.165) is 19.4 Å². The molecule has 1 aliphatic heterocycles. The van der Waals surface area contributed by atoms with Crippen molar-refractivity contribution in [1.29, 1.82) is 0 Å². The summed E-state index contributed by atoms with van der Waals surface area (Å²) in [7, 11) is 0. The Hall–Kier alpha value is -1.06. The molecule has 0 bridgehead atoms. The van der Waals surface area contributed by atoms with Crippen LogP contribution >= 0.6 is 12.4 Å². The molecule has 3 nitrogen and oxygen atoms in total. The van der Waals surface area contributed by atoms with Gasteiger partial charge in [-0.15, -0.1) is 12.4 Å². The smallest absolute Gasteiger partial charge is 0.222 e. The predicted molar refractivity (Wildman–Crippen MR) is 94.4 cm³/mol. The minimum absolute atomic E-state index is 0. The first kappa shape index (κ1) is 19.0. The van der Waals surface area contributed by atoms with E-state index in [-0.39, 0.29) is 24.4 Å². The van der Waals surface area contributed by atoms with E-state index < -0.39 is 0 Å². The lowest BCUT2D eigenvalue weighted by molar-refractivity contribution is -0.122. The molecule has 2 rings (SSSR count). The van der Waals surface area contributed by atoms with Gasteiger partial charge in [-0.2, -0.15) is 0 Å². The topological polar surface area (TPSA) is 41.1 Å². The third-order valence-electron chi connectivity index (χ3n) is 4.20. The van der Waals surface area contributed by atoms with Crippen molar-refractivity contribution in [3.63, 3.8) is 0 Å². The number of rotatable bonds is 6. The Kier molecular flexibility index (Phi) is 7.91. The molecule has 2 N–H and O–H groups in total. The Labute approximate surface area is 140 Å². The zero-order valence-electron chi connectivity index (χ0n) is 13.9. The summed E-state index contributed by atoms with van der Waals surface area (Å²) < 4.78 is 0. The number of nitrogens with one attached hydrogen (secondary N) is 2. The van der Waals surface area contributed by atoms with E-state index in [1.807, 2.05) is 0 Å². The number of aryl methyl sites for hydroxylation is 1. The molecule has 124 valence electrons. The monoisotopic (exact) mass is 324 g/mol. The number of carbonyl (C=O) groups excluding carboxylic acids is 1. The number of hydrogen-bond donors (Lipinski definition) is 2. The summed E-state index contributed by atoms with van der Waals surface area (Å²) in [5, 5.41) is 6.65. The molecule has 0 spiro atoms. The maximum absolute atomic E-state index is 12.3. The Morgan fingerprint density at radius 2 is 2.09 bits per heavy atom. The highest BCUT2D eigenvalue weighted by molar-refractivity contribution is 5.85. The fourth-order valence-corrected chi connectivity index (χ4v) is 3.12. The van der Waals surface area contributed by atoms with Crippen LogP contribution < -0.4 is 10.6 Å². The van der Waals surface area contributed by atoms with Crippen LogP contribution in [0.4, 0.5) is 0 Å². The molecule has 1 aliphatic rings. The molecule has 22 heavy (non-hydrogen) atoms. The van der Waals surface area contributed by atoms with Gasteiger partial charge in [-0.1, -0.05) is 38.1 Å². The largest absolute Gasteiger partial charge is 0.349 e. The summed E-state index contributed by atoms with van der Waals surface area (Å²) in [6.07, 6.45) is 3.88. The number of halogens is 1. The highest BCUT2D eigenvalue weighted by Crippen LogP contribution is 2.24. The van der Waals surface area contributed by atoms with Crippen LogP contribution in [-0.4, -0.2) is 18.5 Å². The van der Waals surface area contributed by atoms with Gasteiger partial charge in [-0.25, -0.2) is 0 Å². The van der Waals surface area contributed by atoms with Crippen molar-refractivity contribution in [2.75, 3.05) is 6.54 Å². The van der Waals surface area contributed by atoms with Crippen LogP contribution in [0.25, 0.3) is 0 Å². The SMILES string of the molecule is Cc1ccccc1C(CC(C)C)NC(=O)CC1CCCN1.Cl. The predicted octanol–water partition coefficient (Wildman–Crippen LogP) is 3.76. The number of amides is 1. The molecule has 4 heteroatoms. The first-order valence-electron chi connectivity index (χ1n) is 8.14. The van der Waals surface area contributed by atoms with Gasteiger partial charge >= 0.3 is 0 Å². The molecule has 0 radical (unpaired) electrons. The van der Waals surface area contributed by atoms with Crippen molar-refractivity contribution >= 4 is 18.3 Å². The average molecular weight is 325 g/mol. The van der Waals surface area contributed by atoms with E-state index in [1.54, 1.807) is 0 Å². The number of hydrogen-bond acceptors (Lipinski definition) is 2. The van der Waals surface area contributed by atoms with Gasteiger partial charge in [0.1, 0.15) is 0 Å². The maximum Gasteiger partial charge on any atom is 0.222 e. The van der Waals surface area contributed by atoms with Gasteiger partial charge in [0.15, 0.2) is 0 Å². The molecule has 2 atom stereocenters. The summed E-state index contributed by atoms with van der Waals surface area (Å²) >= 11 is 0. The third kappa shape index (κ3) is 5.62. The summed E-state index contributed by atoms with van der Waals surface area (Å²) in [6.45, 7) is 7.57. The van der Waals surface area contributed by atoms with Gasteiger partial charge < -0.3 is 10.6 Å². The van der Waals surface area contributed by atoms with Crippen molar-refractivity contribution in [3.05, 3.63) is 35.4 Å². The van der Waals surface area contributed by atoms with Gasteiger partial charge in [-0.05, 0) is 49.8 Å². The quantitative estimate of drug-likeness (QED) is 0.836. The Morgan fingerprint density at radius 1 is 1.36 bits per heavy atom. The van der Waals surface area contributed by atoms with E-state index in [2.05, 4.69) is 55.7 Å². The van der Waals surface area contributed by atoms with Crippen molar-refractivity contribution in [3.8, 4) is 0 Å². The van der Waals surface area contributed by atoms with Crippen LogP contribution in [0.2, 0.25) is 0 Å². The Morgan fingerprint density at radius 3 is 2.68 bits per heavy atom. The van der Waals surface area contributed by atoms with Gasteiger partial charge in [0.05, 0.1) is 6.04 Å². The fourth-order valence-electron chi connectivity index (χ4n) is 3.12. The van der Waals surface area contributed by atoms with Gasteiger partial charge in [-0.3, -0.25) is 4.79 Å². The zero-order valence-corrected chi connectivity index (χ0v) is 14.7. The number of benzene rings is 1. The third-order valence-corrected chi connectivity index (χ3v) is 4.20. The second-order valence-corrected chi connectivity index (χ2v) is 6.60. The highest BCUT2D eigenvalue weighted by atomic mass is 35.5. The fraction of sp³-hybridized carbons (Fsp3) is 0.611. The lowest BCUT2D eigenvalue weighted by Crippen LogP contribution is -2.35. The van der Waals surface area contributed by atoms with Crippen molar-refractivity contribution in [2.24, 2.45) is 5.92 Å². The number of carbonyl (C=O) groups is 1. The molecule has 1 heterocycles. The van der Waals surface area contributed by atoms with Crippen molar-refractivity contribution < 1.29 is 4.79 Å². The minimum Gasteiger partial charge on any atom is -0.349 e. The molecule has 0 aliphatic carbocycles. The highest BCUT2D eigenvalue weighted by Gasteiger charge is 2.21. The zero-order chi connectivity index (χ0) is 15.2. The second-order valence-electron chi connectivity index (χ2n) is 6.60. The van der Waals surface area contributed by atoms with Gasteiger partial charge in [0.25, 0.3) is 0 Å². The molecular formula is C18H29ClN2O. The Balaban J connectivity index is 0.00000242. The molecule has 0 saturated carbocycles. The molecule has 1 aromatic rings. The summed E-state index contributed by atoms with van der Waals surface area (Å²) in [4.78, 5) is 12.3. The maximum atomic E-state index is 12.3. The van der Waals surface area contributed by atoms with Crippen LogP contribution in [0, 0.1) is 12.8 Å². The summed E-state index contributed by atoms with van der Waals surface area (Å²) in [5.41, 5.74) is 2.50. The normalized spacial score (nSPS) is 18.8. The molecule has 1 aromatic carbocycles. The lowest BCUT2D eigenvalue weighted by Gasteiger charge is -2.23. The lowest BCUT2D eigenvalue weighted by atomic mass is 9.93. The summed E-state index contributed by atoms with van der Waals surface area (Å²) in [5.74, 6) is 0.725.